The Morgan fingerprint density at radius 1 is 1.35 bits per heavy atom. The number of fused-ring (bicyclic) bond motifs is 1. The van der Waals surface area contributed by atoms with Crippen molar-refractivity contribution in [1.82, 2.24) is 9.55 Å². The van der Waals surface area contributed by atoms with E-state index in [-0.39, 0.29) is 5.54 Å². The fraction of sp³-hybridized carbons (Fsp3) is 0.462. The Morgan fingerprint density at radius 2 is 2.06 bits per heavy atom. The lowest BCUT2D eigenvalue weighted by molar-refractivity contribution is 0.338. The first-order chi connectivity index (χ1) is 7.93. The van der Waals surface area contributed by atoms with E-state index in [9.17, 15) is 0 Å². The number of rotatable bonds is 2. The molecule has 0 unspecified atom stereocenters. The molecule has 0 aliphatic heterocycles. The number of nitrogens with zero attached hydrogens (tertiary/aromatic N) is 2. The Bertz CT molecular complexity index is 540. The lowest BCUT2D eigenvalue weighted by atomic mass is 10.1. The Balaban J connectivity index is 2.63. The molecule has 1 aromatic carbocycles. The maximum atomic E-state index is 5.59. The molecule has 0 N–H and O–H groups in total. The second-order valence-corrected chi connectivity index (χ2v) is 5.84. The van der Waals surface area contributed by atoms with Crippen LogP contribution in [0.3, 0.4) is 0 Å². The molecule has 0 spiro atoms. The lowest BCUT2D eigenvalue weighted by Gasteiger charge is -2.22. The van der Waals surface area contributed by atoms with Crippen LogP contribution in [0, 0.1) is 0 Å². The van der Waals surface area contributed by atoms with Crippen molar-refractivity contribution < 1.29 is 4.74 Å². The maximum Gasteiger partial charge on any atom is 0.135 e. The van der Waals surface area contributed by atoms with Gasteiger partial charge in [0.2, 0.25) is 0 Å². The SMILES string of the molecule is CCOc1cc2c(cc1Br)ncn2C(C)(C)C. The summed E-state index contributed by atoms with van der Waals surface area (Å²) in [5.41, 5.74) is 2.10. The second kappa shape index (κ2) is 4.33. The van der Waals surface area contributed by atoms with Gasteiger partial charge in [-0.2, -0.15) is 0 Å². The topological polar surface area (TPSA) is 27.1 Å². The minimum absolute atomic E-state index is 0.0199. The van der Waals surface area contributed by atoms with Crippen molar-refractivity contribution in [2.24, 2.45) is 0 Å². The van der Waals surface area contributed by atoms with Crippen LogP contribution in [-0.4, -0.2) is 16.2 Å². The Hall–Kier alpha value is -1.03. The predicted molar refractivity (Wildman–Crippen MR) is 73.6 cm³/mol. The first-order valence-corrected chi connectivity index (χ1v) is 6.52. The monoisotopic (exact) mass is 296 g/mol. The summed E-state index contributed by atoms with van der Waals surface area (Å²) in [6.07, 6.45) is 1.88. The molecule has 0 amide bonds. The average molecular weight is 297 g/mol. The van der Waals surface area contributed by atoms with Gasteiger partial charge in [-0.1, -0.05) is 0 Å². The summed E-state index contributed by atoms with van der Waals surface area (Å²) in [4.78, 5) is 4.42. The fourth-order valence-electron chi connectivity index (χ4n) is 1.81. The fourth-order valence-corrected chi connectivity index (χ4v) is 2.26. The smallest absolute Gasteiger partial charge is 0.135 e. The standard InChI is InChI=1S/C13H17BrN2O/c1-5-17-12-7-11-10(6-9(12)14)15-8-16(11)13(2,3)4/h6-8H,5H2,1-4H3. The molecular formula is C13H17BrN2O. The summed E-state index contributed by atoms with van der Waals surface area (Å²) < 4.78 is 8.71. The van der Waals surface area contributed by atoms with Gasteiger partial charge in [0.15, 0.2) is 0 Å². The number of hydrogen-bond acceptors (Lipinski definition) is 2. The highest BCUT2D eigenvalue weighted by molar-refractivity contribution is 9.10. The van der Waals surface area contributed by atoms with E-state index in [1.54, 1.807) is 0 Å². The average Bonchev–Trinajstić information content (AvgIpc) is 2.61. The van der Waals surface area contributed by atoms with Crippen LogP contribution < -0.4 is 4.74 Å². The lowest BCUT2D eigenvalue weighted by Crippen LogP contribution is -2.20. The van der Waals surface area contributed by atoms with Crippen molar-refractivity contribution in [3.8, 4) is 5.75 Å². The zero-order valence-corrected chi connectivity index (χ0v) is 12.2. The normalized spacial score (nSPS) is 12.1. The molecular weight excluding hydrogens is 280 g/mol. The Labute approximate surface area is 110 Å². The molecule has 1 heterocycles. The van der Waals surface area contributed by atoms with Gasteiger partial charge >= 0.3 is 0 Å². The number of aromatic nitrogens is 2. The van der Waals surface area contributed by atoms with Crippen molar-refractivity contribution in [2.75, 3.05) is 6.61 Å². The van der Waals surface area contributed by atoms with E-state index in [1.165, 1.54) is 0 Å². The molecule has 3 nitrogen and oxygen atoms in total. The van der Waals surface area contributed by atoms with Crippen LogP contribution in [0.25, 0.3) is 11.0 Å². The molecule has 17 heavy (non-hydrogen) atoms. The van der Waals surface area contributed by atoms with Crippen LogP contribution in [0.2, 0.25) is 0 Å². The number of imidazole rings is 1. The largest absolute Gasteiger partial charge is 0.493 e. The molecule has 0 saturated heterocycles. The first-order valence-electron chi connectivity index (χ1n) is 5.73. The molecule has 0 bridgehead atoms. The molecule has 92 valence electrons. The van der Waals surface area contributed by atoms with E-state index in [4.69, 9.17) is 4.74 Å². The van der Waals surface area contributed by atoms with Crippen molar-refractivity contribution in [2.45, 2.75) is 33.2 Å². The summed E-state index contributed by atoms with van der Waals surface area (Å²) in [5.74, 6) is 0.867. The van der Waals surface area contributed by atoms with Gasteiger partial charge in [0, 0.05) is 11.6 Å². The van der Waals surface area contributed by atoms with E-state index in [1.807, 2.05) is 25.4 Å². The number of hydrogen-bond donors (Lipinski definition) is 0. The van der Waals surface area contributed by atoms with Crippen LogP contribution in [0.1, 0.15) is 27.7 Å². The highest BCUT2D eigenvalue weighted by Gasteiger charge is 2.17. The molecule has 0 fully saturated rings. The van der Waals surface area contributed by atoms with Gasteiger partial charge in [0.1, 0.15) is 5.75 Å². The van der Waals surface area contributed by atoms with Crippen LogP contribution in [0.5, 0.6) is 5.75 Å². The molecule has 0 aliphatic rings. The van der Waals surface area contributed by atoms with Gasteiger partial charge in [-0.15, -0.1) is 0 Å². The van der Waals surface area contributed by atoms with Crippen LogP contribution in [0.15, 0.2) is 22.9 Å². The molecule has 0 atom stereocenters. The van der Waals surface area contributed by atoms with Gasteiger partial charge in [0.25, 0.3) is 0 Å². The number of benzene rings is 1. The van der Waals surface area contributed by atoms with Gasteiger partial charge < -0.3 is 9.30 Å². The van der Waals surface area contributed by atoms with E-state index in [2.05, 4.69) is 46.3 Å². The summed E-state index contributed by atoms with van der Waals surface area (Å²) in [6.45, 7) is 9.13. The van der Waals surface area contributed by atoms with Crippen molar-refractivity contribution in [3.63, 3.8) is 0 Å². The molecule has 0 radical (unpaired) electrons. The minimum atomic E-state index is 0.0199. The van der Waals surface area contributed by atoms with E-state index < -0.39 is 0 Å². The molecule has 0 saturated carbocycles. The minimum Gasteiger partial charge on any atom is -0.493 e. The Kier molecular flexibility index (Phi) is 3.17. The summed E-state index contributed by atoms with van der Waals surface area (Å²) in [5, 5.41) is 0. The van der Waals surface area contributed by atoms with Crippen LogP contribution in [0.4, 0.5) is 0 Å². The third-order valence-electron chi connectivity index (χ3n) is 2.62. The third kappa shape index (κ3) is 2.32. The van der Waals surface area contributed by atoms with E-state index in [0.29, 0.717) is 6.61 Å². The van der Waals surface area contributed by atoms with Crippen molar-refractivity contribution in [3.05, 3.63) is 22.9 Å². The predicted octanol–water partition coefficient (Wildman–Crippen LogP) is 3.95. The molecule has 4 heteroatoms. The molecule has 1 aromatic heterocycles. The molecule has 2 aromatic rings. The van der Waals surface area contributed by atoms with Crippen molar-refractivity contribution in [1.29, 1.82) is 0 Å². The zero-order chi connectivity index (χ0) is 12.6. The third-order valence-corrected chi connectivity index (χ3v) is 3.24. The maximum absolute atomic E-state index is 5.59. The van der Waals surface area contributed by atoms with Crippen molar-refractivity contribution >= 4 is 27.0 Å². The molecule has 2 rings (SSSR count). The molecule has 0 aliphatic carbocycles. The summed E-state index contributed by atoms with van der Waals surface area (Å²) in [7, 11) is 0. The number of halogens is 1. The number of ether oxygens (including phenoxy) is 1. The van der Waals surface area contributed by atoms with Gasteiger partial charge in [-0.25, -0.2) is 4.98 Å². The quantitative estimate of drug-likeness (QED) is 0.839. The summed E-state index contributed by atoms with van der Waals surface area (Å²) in [6, 6.07) is 4.05. The summed E-state index contributed by atoms with van der Waals surface area (Å²) >= 11 is 3.50. The second-order valence-electron chi connectivity index (χ2n) is 4.99. The first kappa shape index (κ1) is 12.4. The van der Waals surface area contributed by atoms with Gasteiger partial charge in [-0.05, 0) is 49.7 Å². The van der Waals surface area contributed by atoms with Gasteiger partial charge in [0.05, 0.1) is 28.4 Å². The van der Waals surface area contributed by atoms with Crippen LogP contribution in [-0.2, 0) is 5.54 Å². The zero-order valence-electron chi connectivity index (χ0n) is 10.6. The van der Waals surface area contributed by atoms with E-state index in [0.717, 1.165) is 21.3 Å². The van der Waals surface area contributed by atoms with Crippen LogP contribution >= 0.6 is 15.9 Å². The highest BCUT2D eigenvalue weighted by atomic mass is 79.9. The Morgan fingerprint density at radius 3 is 2.65 bits per heavy atom. The van der Waals surface area contributed by atoms with E-state index >= 15 is 0 Å². The van der Waals surface area contributed by atoms with Gasteiger partial charge in [-0.3, -0.25) is 0 Å². The highest BCUT2D eigenvalue weighted by Crippen LogP contribution is 2.32.